The maximum Gasteiger partial charge on any atom is 0.230 e. The second-order valence-electron chi connectivity index (χ2n) is 10.2. The van der Waals surface area contributed by atoms with Crippen LogP contribution in [0.1, 0.15) is 57.1 Å². The Balaban J connectivity index is 1.40. The molecule has 5 rings (SSSR count). The molecule has 0 spiro atoms. The number of nitrogens with two attached hydrogens (primary N) is 1. The van der Waals surface area contributed by atoms with Gasteiger partial charge in [0.25, 0.3) is 0 Å². The zero-order chi connectivity index (χ0) is 27.4. The average Bonchev–Trinajstić information content (AvgIpc) is 3.38. The third kappa shape index (κ3) is 6.12. The number of fused-ring (bicyclic) bond motifs is 1. The number of ether oxygens (including phenoxy) is 1. The summed E-state index contributed by atoms with van der Waals surface area (Å²) in [4.78, 5) is 23.8. The van der Waals surface area contributed by atoms with Crippen molar-refractivity contribution in [3.8, 4) is 11.5 Å². The van der Waals surface area contributed by atoms with Crippen molar-refractivity contribution in [3.05, 3.63) is 65.9 Å². The lowest BCUT2D eigenvalue weighted by atomic mass is 10.1. The summed E-state index contributed by atoms with van der Waals surface area (Å²) < 4.78 is 8.01. The van der Waals surface area contributed by atoms with Crippen molar-refractivity contribution < 1.29 is 9.53 Å². The van der Waals surface area contributed by atoms with E-state index in [4.69, 9.17) is 20.4 Å². The van der Waals surface area contributed by atoms with Gasteiger partial charge in [-0.25, -0.2) is 0 Å². The summed E-state index contributed by atoms with van der Waals surface area (Å²) in [5, 5.41) is 11.0. The molecule has 0 bridgehead atoms. The number of rotatable bonds is 9. The van der Waals surface area contributed by atoms with Crippen LogP contribution in [-0.4, -0.2) is 44.6 Å². The number of carbonyl (C=O) groups excluding carboxylic acids is 1. The summed E-state index contributed by atoms with van der Waals surface area (Å²) in [6.07, 6.45) is 4.12. The normalized spacial score (nSPS) is 14.1. The van der Waals surface area contributed by atoms with Crippen LogP contribution >= 0.6 is 0 Å². The van der Waals surface area contributed by atoms with Gasteiger partial charge in [0.15, 0.2) is 5.65 Å². The molecule has 3 heterocycles. The molecule has 39 heavy (non-hydrogen) atoms. The standard InChI is InChI=1S/C29H36N8O2/c1-4-26(38)33-22-9-7-10-23(16-22)39-25-11-6-5-8-20(25)17-31-28-35-29(36-14-12-21(30)13-15-36)34-27-24(19(2)3)18-32-37(27)28/h5-11,16,18-19,21H,4,12-15,17,30H2,1-3H3,(H,33,38)(H,31,34,35). The maximum atomic E-state index is 11.8. The molecular formula is C29H36N8O2. The van der Waals surface area contributed by atoms with Crippen molar-refractivity contribution in [2.75, 3.05) is 28.6 Å². The molecule has 0 saturated carbocycles. The van der Waals surface area contributed by atoms with Gasteiger partial charge in [0.05, 0.1) is 6.20 Å². The fourth-order valence-corrected chi connectivity index (χ4v) is 4.58. The lowest BCUT2D eigenvalue weighted by Crippen LogP contribution is -2.40. The maximum absolute atomic E-state index is 11.8. The zero-order valence-electron chi connectivity index (χ0n) is 22.7. The third-order valence-corrected chi connectivity index (χ3v) is 6.90. The topological polar surface area (TPSA) is 123 Å². The molecule has 0 unspecified atom stereocenters. The van der Waals surface area contributed by atoms with Gasteiger partial charge in [0.2, 0.25) is 17.8 Å². The Hall–Kier alpha value is -4.18. The van der Waals surface area contributed by atoms with Gasteiger partial charge < -0.3 is 26.0 Å². The number of hydrogen-bond acceptors (Lipinski definition) is 8. The predicted octanol–water partition coefficient (Wildman–Crippen LogP) is 4.93. The minimum atomic E-state index is -0.0427. The Bertz CT molecular complexity index is 1440. The zero-order valence-corrected chi connectivity index (χ0v) is 22.7. The fourth-order valence-electron chi connectivity index (χ4n) is 4.58. The first-order chi connectivity index (χ1) is 18.9. The molecular weight excluding hydrogens is 492 g/mol. The summed E-state index contributed by atoms with van der Waals surface area (Å²) in [6.45, 7) is 8.23. The predicted molar refractivity (Wildman–Crippen MR) is 153 cm³/mol. The van der Waals surface area contributed by atoms with Crippen LogP contribution in [0.4, 0.5) is 17.6 Å². The molecule has 0 radical (unpaired) electrons. The fraction of sp³-hybridized carbons (Fsp3) is 0.379. The first-order valence-corrected chi connectivity index (χ1v) is 13.6. The quantitative estimate of drug-likeness (QED) is 0.280. The monoisotopic (exact) mass is 528 g/mol. The van der Waals surface area contributed by atoms with E-state index < -0.39 is 0 Å². The molecule has 10 nitrogen and oxygen atoms in total. The number of aromatic nitrogens is 4. The van der Waals surface area contributed by atoms with Gasteiger partial charge in [-0.15, -0.1) is 0 Å². The highest BCUT2D eigenvalue weighted by Crippen LogP contribution is 2.29. The van der Waals surface area contributed by atoms with E-state index in [2.05, 4.69) is 34.5 Å². The van der Waals surface area contributed by atoms with Crippen LogP contribution in [0.25, 0.3) is 5.65 Å². The number of nitrogens with zero attached hydrogens (tertiary/aromatic N) is 5. The molecule has 2 aromatic carbocycles. The van der Waals surface area contributed by atoms with Gasteiger partial charge in [0.1, 0.15) is 11.5 Å². The molecule has 204 valence electrons. The van der Waals surface area contributed by atoms with Crippen LogP contribution in [-0.2, 0) is 11.3 Å². The van der Waals surface area contributed by atoms with E-state index in [1.807, 2.05) is 61.7 Å². The first kappa shape index (κ1) is 26.4. The number of nitrogens with one attached hydrogen (secondary N) is 2. The van der Waals surface area contributed by atoms with Gasteiger partial charge in [-0.05, 0) is 37.0 Å². The number of anilines is 3. The van der Waals surface area contributed by atoms with Crippen LogP contribution in [0.15, 0.2) is 54.7 Å². The van der Waals surface area contributed by atoms with Crippen molar-refractivity contribution in [1.29, 1.82) is 0 Å². The summed E-state index contributed by atoms with van der Waals surface area (Å²) in [5.41, 5.74) is 9.67. The Morgan fingerprint density at radius 3 is 2.69 bits per heavy atom. The molecule has 1 aliphatic heterocycles. The molecule has 4 N–H and O–H groups in total. The van der Waals surface area contributed by atoms with E-state index in [1.165, 1.54) is 0 Å². The lowest BCUT2D eigenvalue weighted by molar-refractivity contribution is -0.115. The number of carbonyl (C=O) groups is 1. The smallest absolute Gasteiger partial charge is 0.230 e. The molecule has 10 heteroatoms. The summed E-state index contributed by atoms with van der Waals surface area (Å²) >= 11 is 0. The van der Waals surface area contributed by atoms with Crippen LogP contribution in [0.2, 0.25) is 0 Å². The minimum absolute atomic E-state index is 0.0427. The lowest BCUT2D eigenvalue weighted by Gasteiger charge is -2.30. The third-order valence-electron chi connectivity index (χ3n) is 6.90. The molecule has 2 aromatic heterocycles. The van der Waals surface area contributed by atoms with E-state index >= 15 is 0 Å². The number of piperidine rings is 1. The van der Waals surface area contributed by atoms with Crippen molar-refractivity contribution in [3.63, 3.8) is 0 Å². The van der Waals surface area contributed by atoms with Gasteiger partial charge in [-0.1, -0.05) is 45.0 Å². The Labute approximate surface area is 228 Å². The molecule has 1 saturated heterocycles. The number of amides is 1. The van der Waals surface area contributed by atoms with Crippen molar-refractivity contribution >= 4 is 29.1 Å². The highest BCUT2D eigenvalue weighted by molar-refractivity contribution is 5.90. The van der Waals surface area contributed by atoms with E-state index in [0.29, 0.717) is 42.0 Å². The Kier molecular flexibility index (Phi) is 7.92. The van der Waals surface area contributed by atoms with Crippen LogP contribution < -0.4 is 26.0 Å². The highest BCUT2D eigenvalue weighted by Gasteiger charge is 2.22. The second-order valence-corrected chi connectivity index (χ2v) is 10.2. The van der Waals surface area contributed by atoms with Crippen molar-refractivity contribution in [2.45, 2.75) is 58.5 Å². The van der Waals surface area contributed by atoms with Gasteiger partial charge in [0, 0.05) is 55.0 Å². The van der Waals surface area contributed by atoms with E-state index in [1.54, 1.807) is 4.52 Å². The SMILES string of the molecule is CCC(=O)Nc1cccc(Oc2ccccc2CNc2nc(N3CCC(N)CC3)nc3c(C(C)C)cnn23)c1. The highest BCUT2D eigenvalue weighted by atomic mass is 16.5. The average molecular weight is 529 g/mol. The van der Waals surface area contributed by atoms with Crippen LogP contribution in [0.3, 0.4) is 0 Å². The van der Waals surface area contributed by atoms with Gasteiger partial charge >= 0.3 is 0 Å². The second kappa shape index (κ2) is 11.7. The summed E-state index contributed by atoms with van der Waals surface area (Å²) in [6, 6.07) is 15.5. The van der Waals surface area contributed by atoms with Crippen molar-refractivity contribution in [1.82, 2.24) is 19.6 Å². The van der Waals surface area contributed by atoms with Crippen molar-refractivity contribution in [2.24, 2.45) is 5.73 Å². The van der Waals surface area contributed by atoms with Gasteiger partial charge in [-0.3, -0.25) is 4.79 Å². The molecule has 1 fully saturated rings. The minimum Gasteiger partial charge on any atom is -0.457 e. The van der Waals surface area contributed by atoms with E-state index in [0.717, 1.165) is 42.7 Å². The van der Waals surface area contributed by atoms with Crippen LogP contribution in [0, 0.1) is 0 Å². The van der Waals surface area contributed by atoms with Crippen LogP contribution in [0.5, 0.6) is 11.5 Å². The molecule has 1 aliphatic rings. The molecule has 1 amide bonds. The Morgan fingerprint density at radius 2 is 1.92 bits per heavy atom. The molecule has 4 aromatic rings. The van der Waals surface area contributed by atoms with E-state index in [-0.39, 0.29) is 17.9 Å². The van der Waals surface area contributed by atoms with Gasteiger partial charge in [-0.2, -0.15) is 19.6 Å². The summed E-state index contributed by atoms with van der Waals surface area (Å²) in [7, 11) is 0. The number of para-hydroxylation sites is 1. The number of benzene rings is 2. The molecule has 0 atom stereocenters. The summed E-state index contributed by atoms with van der Waals surface area (Å²) in [5.74, 6) is 2.90. The largest absolute Gasteiger partial charge is 0.457 e. The first-order valence-electron chi connectivity index (χ1n) is 13.6. The molecule has 0 aliphatic carbocycles. The number of hydrogen-bond donors (Lipinski definition) is 3. The van der Waals surface area contributed by atoms with E-state index in [9.17, 15) is 4.79 Å². The Morgan fingerprint density at radius 1 is 1.13 bits per heavy atom.